The molecule has 1 N–H and O–H groups in total. The second-order valence-electron chi connectivity index (χ2n) is 37.5. The highest BCUT2D eigenvalue weighted by molar-refractivity contribution is 6.33. The molecule has 0 saturated heterocycles. The molecule has 0 saturated carbocycles. The van der Waals surface area contributed by atoms with Gasteiger partial charge in [0.25, 0.3) is 32.1 Å². The highest BCUT2D eigenvalue weighted by Crippen LogP contribution is 2.48. The molecule has 6 aromatic heterocycles. The third kappa shape index (κ3) is 24.3. The number of hydrogen-bond donors (Lipinski definition) is 1. The van der Waals surface area contributed by atoms with E-state index >= 15 is 0 Å². The average Bonchev–Trinajstić information content (AvgIpc) is 1.67. The van der Waals surface area contributed by atoms with Gasteiger partial charge < -0.3 is 39.6 Å². The lowest BCUT2D eigenvalue weighted by Gasteiger charge is -2.35. The van der Waals surface area contributed by atoms with Crippen molar-refractivity contribution in [3.05, 3.63) is 254 Å². The van der Waals surface area contributed by atoms with Crippen molar-refractivity contribution >= 4 is 69.0 Å². The summed E-state index contributed by atoms with van der Waals surface area (Å²) in [5.41, 5.74) is 21.7. The molecule has 6 aromatic carbocycles. The zero-order chi connectivity index (χ0) is 99.2. The third-order valence-corrected chi connectivity index (χ3v) is 26.7. The van der Waals surface area contributed by atoms with E-state index in [1.165, 1.54) is 30.0 Å². The van der Waals surface area contributed by atoms with Crippen LogP contribution in [-0.2, 0) is 45.6 Å². The predicted molar refractivity (Wildman–Crippen MR) is 543 cm³/mol. The number of halogens is 12. The van der Waals surface area contributed by atoms with Crippen LogP contribution in [-0.4, -0.2) is 136 Å². The van der Waals surface area contributed by atoms with E-state index in [4.69, 9.17) is 23.2 Å². The van der Waals surface area contributed by atoms with E-state index in [0.717, 1.165) is 207 Å². The van der Waals surface area contributed by atoms with Crippen LogP contribution in [0.3, 0.4) is 0 Å². The Morgan fingerprint density at radius 3 is 1.07 bits per heavy atom. The van der Waals surface area contributed by atoms with Crippen LogP contribution in [0.25, 0.3) is 67.0 Å². The van der Waals surface area contributed by atoms with Gasteiger partial charge in [0.1, 0.15) is 18.0 Å². The molecule has 138 heavy (non-hydrogen) atoms. The molecule has 0 aliphatic carbocycles. The number of alkyl halides is 10. The molecule has 12 heterocycles. The number of aromatic nitrogens is 8. The Labute approximate surface area is 815 Å². The zero-order valence-electron chi connectivity index (χ0n) is 81.5. The van der Waals surface area contributed by atoms with Crippen LogP contribution in [0, 0.1) is 11.3 Å². The van der Waals surface area contributed by atoms with Crippen molar-refractivity contribution in [3.8, 4) is 73.1 Å². The predicted octanol–water partition coefficient (Wildman–Crippen LogP) is 28.2. The zero-order valence-corrected chi connectivity index (χ0v) is 83.0. The molecule has 29 heteroatoms. The molecular formula is C109H125Cl2F10N17. The molecule has 0 bridgehead atoms. The molecule has 0 spiro atoms. The first kappa shape index (κ1) is 103. The first-order valence-electron chi connectivity index (χ1n) is 47.7. The average molecular weight is 1930 g/mol. The fourth-order valence-corrected chi connectivity index (χ4v) is 19.7. The van der Waals surface area contributed by atoms with Crippen LogP contribution in [0.15, 0.2) is 177 Å². The number of anilines is 8. The van der Waals surface area contributed by atoms with E-state index < -0.39 is 32.1 Å². The minimum absolute atomic E-state index is 0.0319. The summed E-state index contributed by atoms with van der Waals surface area (Å²) in [6, 6.07) is 40.7. The summed E-state index contributed by atoms with van der Waals surface area (Å²) in [6.45, 7) is 31.0. The van der Waals surface area contributed by atoms with Crippen LogP contribution in [0.4, 0.5) is 89.7 Å². The van der Waals surface area contributed by atoms with Crippen LogP contribution >= 0.6 is 23.2 Å². The maximum absolute atomic E-state index is 13.8. The summed E-state index contributed by atoms with van der Waals surface area (Å²) in [5, 5.41) is 17.6. The van der Waals surface area contributed by atoms with Crippen molar-refractivity contribution in [2.45, 2.75) is 229 Å². The molecule has 6 aliphatic heterocycles. The Kier molecular flexibility index (Phi) is 34.9. The fourth-order valence-electron chi connectivity index (χ4n) is 19.3. The standard InChI is InChI=1S/C20H25F2N3.C19H23F2N3.2C18H19ClF2N2.C17H21F2N3.C17H18N4/c1-13(2)25-9-5-6-14-10-16(17(20(21)22)11-18(14)25)15-7-8-19(23-12-15)24(3)4;1-12(2)24-8-4-5-13-9-15(16(19(20)21)10-17(13)24)14-6-7-18(22-3)23-11-14;1-11(2)23-7-3-4-12-8-14(13-5-6-22-10-16(13)19)15(18(20)21)9-17(12)23;1-11(2)23-5-3-4-12-7-15(13-6-14(19)10-22-9-13)16(18(20)21)8-17(12)23;1-11(2)22-7-4-5-12-9-13(15-6-8-21(3)20-15)14(17(18)19)10-16(12)22;1-12(2)21-7-3-4-13-8-15(14(10-18)9-17(13)21)16-5-6-19-11-20-16/h7-8,10-13,20H,5-6,9H2,1-4H3;6-7,9-12,19H,4-5,8H2,1-3H3,(H,22,23);5-6,8-11,18H,3-4,7H2,1-2H3;6-11,18H,3-5H2,1-2H3;6,8-11,17H,4-5,7H2,1-3H3;5-6,8-9,11-12H,3-4,7H2,1-2H3. The van der Waals surface area contributed by atoms with Crippen molar-refractivity contribution in [1.29, 1.82) is 5.26 Å². The summed E-state index contributed by atoms with van der Waals surface area (Å²) in [4.78, 5) is 40.2. The molecule has 0 atom stereocenters. The summed E-state index contributed by atoms with van der Waals surface area (Å²) in [7, 11) is 7.40. The van der Waals surface area contributed by atoms with Gasteiger partial charge in [-0.15, -0.1) is 0 Å². The number of nitriles is 1. The summed E-state index contributed by atoms with van der Waals surface area (Å²) in [5.74, 6) is 1.53. The third-order valence-electron chi connectivity index (χ3n) is 26.2. The van der Waals surface area contributed by atoms with E-state index in [2.05, 4.69) is 165 Å². The SMILES string of the molecule is CC(C)N1CCCc2cc(-c3ccc(N(C)C)nc3)c(C(F)F)cc21.CC(C)N1CCCc2cc(-c3ccn(C)n3)c(C(F)F)cc21.CC(C)N1CCCc2cc(-c3ccncc3Cl)c(C(F)F)cc21.CC(C)N1CCCc2cc(-c3ccncn3)c(C#N)cc21.CC(C)N1CCCc2cc(-c3cncc(Cl)c3)c(C(F)F)cc21.CNc1ccc(-c2cc3c(cc2C(F)F)N(C(C)C)CCC3)cn1. The molecular weight excluding hydrogens is 1810 g/mol. The second kappa shape index (κ2) is 46.6. The van der Waals surface area contributed by atoms with Gasteiger partial charge in [-0.3, -0.25) is 14.6 Å². The molecule has 18 rings (SSSR count). The normalized spacial score (nSPS) is 14.3. The molecule has 12 aromatic rings. The number of nitrogens with one attached hydrogen (secondary N) is 1. The van der Waals surface area contributed by atoms with E-state index in [1.54, 1.807) is 104 Å². The highest BCUT2D eigenvalue weighted by Gasteiger charge is 2.33. The van der Waals surface area contributed by atoms with Crippen molar-refractivity contribution in [2.24, 2.45) is 7.05 Å². The smallest absolute Gasteiger partial charge is 0.264 e. The Hall–Kier alpha value is -12.0. The lowest BCUT2D eigenvalue weighted by atomic mass is 9.92. The number of aryl methyl sites for hydroxylation is 7. The van der Waals surface area contributed by atoms with Crippen molar-refractivity contribution in [3.63, 3.8) is 0 Å². The van der Waals surface area contributed by atoms with Gasteiger partial charge in [0.15, 0.2) is 0 Å². The van der Waals surface area contributed by atoms with Gasteiger partial charge in [-0.1, -0.05) is 23.2 Å². The molecule has 0 fully saturated rings. The lowest BCUT2D eigenvalue weighted by Crippen LogP contribution is -2.35. The van der Waals surface area contributed by atoms with Crippen LogP contribution in [0.5, 0.6) is 0 Å². The minimum atomic E-state index is -2.55. The lowest BCUT2D eigenvalue weighted by molar-refractivity contribution is 0.151. The van der Waals surface area contributed by atoms with Crippen LogP contribution < -0.4 is 39.6 Å². The van der Waals surface area contributed by atoms with E-state index in [0.29, 0.717) is 90.5 Å². The Morgan fingerprint density at radius 2 is 0.732 bits per heavy atom. The maximum Gasteiger partial charge on any atom is 0.264 e. The van der Waals surface area contributed by atoms with Crippen LogP contribution in [0.1, 0.15) is 220 Å². The van der Waals surface area contributed by atoms with Gasteiger partial charge in [-0.25, -0.2) is 63.8 Å². The molecule has 17 nitrogen and oxygen atoms in total. The summed E-state index contributed by atoms with van der Waals surface area (Å²) in [6.07, 6.45) is 14.0. The first-order valence-corrected chi connectivity index (χ1v) is 48.4. The number of pyridine rings is 4. The Bertz CT molecular complexity index is 6170. The van der Waals surface area contributed by atoms with E-state index in [-0.39, 0.29) is 33.9 Å². The molecule has 6 aliphatic rings. The monoisotopic (exact) mass is 1930 g/mol. The molecule has 0 amide bonds. The first-order chi connectivity index (χ1) is 66.0. The number of nitrogens with zero attached hydrogens (tertiary/aromatic N) is 16. The summed E-state index contributed by atoms with van der Waals surface area (Å²) < 4.78 is 138. The quantitative estimate of drug-likeness (QED) is 0.0763. The van der Waals surface area contributed by atoms with Crippen LogP contribution in [0.2, 0.25) is 10.0 Å². The van der Waals surface area contributed by atoms with E-state index in [9.17, 15) is 49.2 Å². The molecule has 0 unspecified atom stereocenters. The van der Waals surface area contributed by atoms with Gasteiger partial charge in [0.05, 0.1) is 33.1 Å². The number of hydrogen-bond acceptors (Lipinski definition) is 16. The van der Waals surface area contributed by atoms with Gasteiger partial charge >= 0.3 is 0 Å². The van der Waals surface area contributed by atoms with Crippen molar-refractivity contribution in [2.75, 3.05) is 100 Å². The number of fused-ring (bicyclic) bond motifs is 6. The summed E-state index contributed by atoms with van der Waals surface area (Å²) >= 11 is 12.2. The molecule has 730 valence electrons. The topological polar surface area (TPSA) is 154 Å². The van der Waals surface area contributed by atoms with Crippen molar-refractivity contribution < 1.29 is 43.9 Å². The van der Waals surface area contributed by atoms with Crippen molar-refractivity contribution in [1.82, 2.24) is 39.7 Å². The van der Waals surface area contributed by atoms with Gasteiger partial charge in [-0.05, 0) is 337 Å². The van der Waals surface area contributed by atoms with Gasteiger partial charge in [0.2, 0.25) is 0 Å². The van der Waals surface area contributed by atoms with Gasteiger partial charge in [0, 0.05) is 249 Å². The number of benzene rings is 6. The van der Waals surface area contributed by atoms with Gasteiger partial charge in [-0.2, -0.15) is 10.4 Å². The van der Waals surface area contributed by atoms with E-state index in [1.807, 2.05) is 85.7 Å². The number of rotatable bonds is 19. The Balaban J connectivity index is 0.000000140. The molecule has 0 radical (unpaired) electrons. The fraction of sp³-hybridized carbons (Fsp3) is 0.413. The maximum atomic E-state index is 13.8. The Morgan fingerprint density at radius 1 is 0.362 bits per heavy atom. The largest absolute Gasteiger partial charge is 0.373 e. The highest BCUT2D eigenvalue weighted by atomic mass is 35.5. The minimum Gasteiger partial charge on any atom is -0.373 e. The second-order valence-corrected chi connectivity index (χ2v) is 38.4.